The summed E-state index contributed by atoms with van der Waals surface area (Å²) >= 11 is 6.20. The molecule has 0 aromatic heterocycles. The zero-order valence-corrected chi connectivity index (χ0v) is 15.8. The molecule has 4 amide bonds. The highest BCUT2D eigenvalue weighted by Gasteiger charge is 2.50. The highest BCUT2D eigenvalue weighted by atomic mass is 35.5. The average Bonchev–Trinajstić information content (AvgIpc) is 2.86. The van der Waals surface area contributed by atoms with E-state index >= 15 is 0 Å². The second-order valence-electron chi connectivity index (χ2n) is 6.49. The third kappa shape index (κ3) is 3.53. The van der Waals surface area contributed by atoms with Gasteiger partial charge in [0, 0.05) is 16.3 Å². The Morgan fingerprint density at radius 3 is 2.52 bits per heavy atom. The Balaban J connectivity index is 1.78. The Morgan fingerprint density at radius 1 is 1.15 bits per heavy atom. The number of nitrogens with one attached hydrogen (secondary N) is 2. The molecule has 1 fully saturated rings. The summed E-state index contributed by atoms with van der Waals surface area (Å²) < 4.78 is 0. The van der Waals surface area contributed by atoms with Crippen molar-refractivity contribution < 1.29 is 14.4 Å². The van der Waals surface area contributed by atoms with Gasteiger partial charge in [0.15, 0.2) is 0 Å². The molecule has 1 aliphatic heterocycles. The molecule has 7 heteroatoms. The summed E-state index contributed by atoms with van der Waals surface area (Å²) in [5.74, 6) is -0.956. The van der Waals surface area contributed by atoms with Crippen LogP contribution < -0.4 is 10.6 Å². The highest BCUT2D eigenvalue weighted by Crippen LogP contribution is 2.33. The summed E-state index contributed by atoms with van der Waals surface area (Å²) in [6, 6.07) is 13.6. The average molecular weight is 386 g/mol. The number of imide groups is 1. The summed E-state index contributed by atoms with van der Waals surface area (Å²) in [5.41, 5.74) is 0.830. The Kier molecular flexibility index (Phi) is 5.19. The summed E-state index contributed by atoms with van der Waals surface area (Å²) in [7, 11) is 0. The molecule has 1 saturated heterocycles. The second kappa shape index (κ2) is 7.40. The molecule has 6 nitrogen and oxygen atoms in total. The van der Waals surface area contributed by atoms with Gasteiger partial charge in [-0.15, -0.1) is 0 Å². The van der Waals surface area contributed by atoms with Crippen molar-refractivity contribution in [3.8, 4) is 0 Å². The lowest BCUT2D eigenvalue weighted by Gasteiger charge is -2.23. The number of urea groups is 1. The Bertz CT molecular complexity index is 915. The Labute approximate surface area is 162 Å². The van der Waals surface area contributed by atoms with E-state index in [1.165, 1.54) is 0 Å². The number of anilines is 1. The first-order chi connectivity index (χ1) is 12.9. The van der Waals surface area contributed by atoms with Crippen molar-refractivity contribution >= 4 is 35.1 Å². The smallest absolute Gasteiger partial charge is 0.324 e. The molecule has 2 aromatic carbocycles. The molecule has 1 aliphatic rings. The van der Waals surface area contributed by atoms with Crippen LogP contribution in [0.2, 0.25) is 5.02 Å². The van der Waals surface area contributed by atoms with Crippen molar-refractivity contribution in [2.75, 3.05) is 11.9 Å². The molecule has 0 unspecified atom stereocenters. The number of nitrogens with zero attached hydrogens (tertiary/aromatic N) is 1. The van der Waals surface area contributed by atoms with Gasteiger partial charge in [-0.05, 0) is 31.0 Å². The fraction of sp³-hybridized carbons (Fsp3) is 0.250. The van der Waals surface area contributed by atoms with E-state index in [1.54, 1.807) is 37.3 Å². The zero-order chi connectivity index (χ0) is 19.6. The van der Waals surface area contributed by atoms with Gasteiger partial charge < -0.3 is 10.6 Å². The predicted molar refractivity (Wildman–Crippen MR) is 103 cm³/mol. The molecule has 0 spiro atoms. The van der Waals surface area contributed by atoms with Gasteiger partial charge in [-0.2, -0.15) is 0 Å². The molecule has 2 aromatic rings. The lowest BCUT2D eigenvalue weighted by molar-refractivity contribution is -0.133. The van der Waals surface area contributed by atoms with Crippen LogP contribution in [0.25, 0.3) is 0 Å². The molecule has 3 rings (SSSR count). The molecule has 2 N–H and O–H groups in total. The molecule has 0 aliphatic carbocycles. The minimum atomic E-state index is -1.31. The maximum absolute atomic E-state index is 12.9. The Morgan fingerprint density at radius 2 is 1.81 bits per heavy atom. The normalized spacial score (nSPS) is 19.1. The maximum Gasteiger partial charge on any atom is 0.325 e. The van der Waals surface area contributed by atoms with Crippen LogP contribution >= 0.6 is 11.6 Å². The van der Waals surface area contributed by atoms with Crippen LogP contribution in [0, 0.1) is 0 Å². The summed E-state index contributed by atoms with van der Waals surface area (Å²) in [5, 5.41) is 5.79. The van der Waals surface area contributed by atoms with E-state index in [9.17, 15) is 14.4 Å². The molecule has 140 valence electrons. The molecule has 0 radical (unpaired) electrons. The number of rotatable bonds is 5. The molecule has 1 heterocycles. The second-order valence-corrected chi connectivity index (χ2v) is 6.89. The minimum Gasteiger partial charge on any atom is -0.324 e. The van der Waals surface area contributed by atoms with E-state index in [4.69, 9.17) is 11.6 Å². The number of para-hydroxylation sites is 1. The van der Waals surface area contributed by atoms with Gasteiger partial charge in [-0.3, -0.25) is 14.5 Å². The van der Waals surface area contributed by atoms with Gasteiger partial charge in [0.2, 0.25) is 5.91 Å². The van der Waals surface area contributed by atoms with Gasteiger partial charge in [0.05, 0.1) is 0 Å². The maximum atomic E-state index is 12.9. The Hall–Kier alpha value is -2.86. The number of hydrogen-bond donors (Lipinski definition) is 2. The van der Waals surface area contributed by atoms with Crippen molar-refractivity contribution in [3.05, 3.63) is 64.7 Å². The molecule has 0 saturated carbocycles. The number of halogens is 1. The van der Waals surface area contributed by atoms with E-state index in [1.807, 2.05) is 25.1 Å². The summed E-state index contributed by atoms with van der Waals surface area (Å²) in [6.07, 6.45) is 0.754. The van der Waals surface area contributed by atoms with Crippen LogP contribution in [-0.4, -0.2) is 29.3 Å². The van der Waals surface area contributed by atoms with E-state index < -0.39 is 23.4 Å². The van der Waals surface area contributed by atoms with Gasteiger partial charge in [0.1, 0.15) is 12.1 Å². The van der Waals surface area contributed by atoms with Crippen LogP contribution in [0.15, 0.2) is 48.5 Å². The fourth-order valence-corrected chi connectivity index (χ4v) is 3.50. The van der Waals surface area contributed by atoms with Crippen molar-refractivity contribution in [2.45, 2.75) is 25.8 Å². The van der Waals surface area contributed by atoms with E-state index in [-0.39, 0.29) is 6.54 Å². The lowest BCUT2D eigenvalue weighted by Crippen LogP contribution is -2.42. The topological polar surface area (TPSA) is 78.5 Å². The number of carbonyl (C=O) groups excluding carboxylic acids is 3. The summed E-state index contributed by atoms with van der Waals surface area (Å²) in [4.78, 5) is 38.6. The number of hydrogen-bond acceptors (Lipinski definition) is 3. The van der Waals surface area contributed by atoms with E-state index in [2.05, 4.69) is 10.6 Å². The number of benzene rings is 2. The van der Waals surface area contributed by atoms with Gasteiger partial charge >= 0.3 is 6.03 Å². The standard InChI is InChI=1S/C20H20ClN3O3/c1-3-13-8-4-7-11-16(13)22-17(25)12-24-18(26)20(2,23-19(24)27)14-9-5-6-10-15(14)21/h4-11H,3,12H2,1-2H3,(H,22,25)(H,23,27)/t20-/m0/s1. The molecular formula is C20H20ClN3O3. The largest absolute Gasteiger partial charge is 0.325 e. The van der Waals surface area contributed by atoms with Crippen LogP contribution in [0.5, 0.6) is 0 Å². The van der Waals surface area contributed by atoms with Gasteiger partial charge in [-0.1, -0.05) is 54.9 Å². The number of carbonyl (C=O) groups is 3. The quantitative estimate of drug-likeness (QED) is 0.775. The van der Waals surface area contributed by atoms with Crippen molar-refractivity contribution in [1.29, 1.82) is 0 Å². The SMILES string of the molecule is CCc1ccccc1NC(=O)CN1C(=O)N[C@@](C)(c2ccccc2Cl)C1=O. The predicted octanol–water partition coefficient (Wildman–Crippen LogP) is 3.31. The van der Waals surface area contributed by atoms with Gasteiger partial charge in [0.25, 0.3) is 5.91 Å². The molecule has 27 heavy (non-hydrogen) atoms. The minimum absolute atomic E-state index is 0.372. The van der Waals surface area contributed by atoms with Crippen LogP contribution in [-0.2, 0) is 21.5 Å². The lowest BCUT2D eigenvalue weighted by atomic mass is 9.92. The monoisotopic (exact) mass is 385 g/mol. The van der Waals surface area contributed by atoms with Crippen molar-refractivity contribution in [2.24, 2.45) is 0 Å². The third-order valence-corrected chi connectivity index (χ3v) is 4.99. The molecular weight excluding hydrogens is 366 g/mol. The van der Waals surface area contributed by atoms with Crippen LogP contribution in [0.3, 0.4) is 0 Å². The van der Waals surface area contributed by atoms with Crippen LogP contribution in [0.1, 0.15) is 25.0 Å². The van der Waals surface area contributed by atoms with Crippen LogP contribution in [0.4, 0.5) is 10.5 Å². The van der Waals surface area contributed by atoms with E-state index in [0.29, 0.717) is 16.3 Å². The van der Waals surface area contributed by atoms with E-state index in [0.717, 1.165) is 16.9 Å². The zero-order valence-electron chi connectivity index (χ0n) is 15.1. The number of amides is 4. The third-order valence-electron chi connectivity index (χ3n) is 4.66. The first kappa shape index (κ1) is 18.9. The first-order valence-corrected chi connectivity index (χ1v) is 9.01. The molecule has 1 atom stereocenters. The highest BCUT2D eigenvalue weighted by molar-refractivity contribution is 6.32. The van der Waals surface area contributed by atoms with Gasteiger partial charge in [-0.25, -0.2) is 4.79 Å². The molecule has 0 bridgehead atoms. The van der Waals surface area contributed by atoms with Crippen molar-refractivity contribution in [1.82, 2.24) is 10.2 Å². The van der Waals surface area contributed by atoms with Crippen molar-refractivity contribution in [3.63, 3.8) is 0 Å². The fourth-order valence-electron chi connectivity index (χ4n) is 3.17. The number of aryl methyl sites for hydroxylation is 1. The first-order valence-electron chi connectivity index (χ1n) is 8.63. The summed E-state index contributed by atoms with van der Waals surface area (Å²) in [6.45, 7) is 3.19.